The molecule has 0 radical (unpaired) electrons. The third-order valence-corrected chi connectivity index (χ3v) is 2.70. The molecule has 0 aliphatic heterocycles. The Labute approximate surface area is 88.1 Å². The van der Waals surface area contributed by atoms with Crippen molar-refractivity contribution in [3.05, 3.63) is 21.9 Å². The molecule has 0 aliphatic carbocycles. The third-order valence-electron chi connectivity index (χ3n) is 1.77. The van der Waals surface area contributed by atoms with Crippen LogP contribution < -0.4 is 5.73 Å². The summed E-state index contributed by atoms with van der Waals surface area (Å²) in [5.41, 5.74) is 5.96. The molecule has 0 bridgehead atoms. The first-order valence-corrected chi connectivity index (χ1v) is 5.49. The molecule has 1 rings (SSSR count). The van der Waals surface area contributed by atoms with Gasteiger partial charge in [0.2, 0.25) is 0 Å². The van der Waals surface area contributed by atoms with Crippen LogP contribution in [0.1, 0.15) is 41.4 Å². The van der Waals surface area contributed by atoms with E-state index in [0.717, 1.165) is 24.8 Å². The van der Waals surface area contributed by atoms with E-state index in [2.05, 4.69) is 18.8 Å². The lowest BCUT2D eigenvalue weighted by molar-refractivity contribution is 0.100. The zero-order chi connectivity index (χ0) is 10.4. The fourth-order valence-electron chi connectivity index (χ4n) is 1.02. The van der Waals surface area contributed by atoms with Crippen LogP contribution in [0, 0.1) is 11.8 Å². The molecule has 3 heteroatoms. The van der Waals surface area contributed by atoms with Gasteiger partial charge < -0.3 is 5.73 Å². The summed E-state index contributed by atoms with van der Waals surface area (Å²) >= 11 is 1.34. The van der Waals surface area contributed by atoms with Crippen molar-refractivity contribution in [1.29, 1.82) is 0 Å². The van der Waals surface area contributed by atoms with E-state index in [1.165, 1.54) is 11.3 Å². The summed E-state index contributed by atoms with van der Waals surface area (Å²) in [7, 11) is 0. The van der Waals surface area contributed by atoms with Gasteiger partial charge in [0.05, 0.1) is 0 Å². The highest BCUT2D eigenvalue weighted by atomic mass is 32.1. The Morgan fingerprint density at radius 2 is 2.43 bits per heavy atom. The number of primary amides is 1. The molecule has 1 aromatic heterocycles. The van der Waals surface area contributed by atoms with E-state index in [0.29, 0.717) is 4.88 Å². The number of hydrogen-bond acceptors (Lipinski definition) is 2. The number of thiophene rings is 1. The van der Waals surface area contributed by atoms with Crippen LogP contribution in [0.25, 0.3) is 0 Å². The van der Waals surface area contributed by atoms with Crippen molar-refractivity contribution in [2.75, 3.05) is 0 Å². The highest BCUT2D eigenvalue weighted by molar-refractivity contribution is 7.12. The lowest BCUT2D eigenvalue weighted by atomic mass is 10.2. The molecule has 0 aromatic carbocycles. The normalized spacial score (nSPS) is 9.21. The smallest absolute Gasteiger partial charge is 0.260 e. The molecule has 1 aromatic rings. The summed E-state index contributed by atoms with van der Waals surface area (Å²) in [4.78, 5) is 11.5. The Hall–Kier alpha value is -1.27. The van der Waals surface area contributed by atoms with Gasteiger partial charge in [-0.15, -0.1) is 11.3 Å². The van der Waals surface area contributed by atoms with Crippen molar-refractivity contribution in [3.8, 4) is 11.8 Å². The van der Waals surface area contributed by atoms with Gasteiger partial charge in [0.1, 0.15) is 4.88 Å². The van der Waals surface area contributed by atoms with Gasteiger partial charge >= 0.3 is 0 Å². The first-order valence-electron chi connectivity index (χ1n) is 4.62. The second-order valence-corrected chi connectivity index (χ2v) is 3.85. The Balaban J connectivity index is 2.69. The van der Waals surface area contributed by atoms with Crippen molar-refractivity contribution in [1.82, 2.24) is 0 Å². The highest BCUT2D eigenvalue weighted by Crippen LogP contribution is 2.14. The summed E-state index contributed by atoms with van der Waals surface area (Å²) in [6, 6.07) is 1.84. The molecule has 0 unspecified atom stereocenters. The fourth-order valence-corrected chi connectivity index (χ4v) is 1.72. The van der Waals surface area contributed by atoms with E-state index in [4.69, 9.17) is 5.73 Å². The van der Waals surface area contributed by atoms with Crippen LogP contribution in [-0.4, -0.2) is 5.91 Å². The molecule has 0 atom stereocenters. The van der Waals surface area contributed by atoms with E-state index in [-0.39, 0.29) is 5.91 Å². The van der Waals surface area contributed by atoms with Crippen LogP contribution in [0.4, 0.5) is 0 Å². The molecule has 0 aliphatic rings. The molecule has 0 saturated carbocycles. The predicted molar refractivity (Wildman–Crippen MR) is 59.2 cm³/mol. The molecule has 1 amide bonds. The summed E-state index contributed by atoms with van der Waals surface area (Å²) in [6.07, 6.45) is 3.12. The van der Waals surface area contributed by atoms with Crippen molar-refractivity contribution in [2.24, 2.45) is 5.73 Å². The third kappa shape index (κ3) is 2.90. The Bertz CT molecular complexity index is 370. The van der Waals surface area contributed by atoms with Crippen molar-refractivity contribution in [2.45, 2.75) is 26.2 Å². The highest BCUT2D eigenvalue weighted by Gasteiger charge is 2.06. The van der Waals surface area contributed by atoms with Crippen LogP contribution in [0.5, 0.6) is 0 Å². The molecule has 1 heterocycles. The molecular formula is C11H13NOS. The maximum Gasteiger partial charge on any atom is 0.260 e. The van der Waals surface area contributed by atoms with Gasteiger partial charge in [0.15, 0.2) is 0 Å². The first kappa shape index (κ1) is 10.8. The van der Waals surface area contributed by atoms with Crippen LogP contribution >= 0.6 is 11.3 Å². The number of unbranched alkanes of at least 4 members (excludes halogenated alkanes) is 2. The minimum absolute atomic E-state index is 0.389. The average Bonchev–Trinajstić information content (AvgIpc) is 2.60. The van der Waals surface area contributed by atoms with E-state index >= 15 is 0 Å². The Morgan fingerprint density at radius 1 is 1.64 bits per heavy atom. The lowest BCUT2D eigenvalue weighted by Gasteiger charge is -1.89. The quantitative estimate of drug-likeness (QED) is 0.600. The van der Waals surface area contributed by atoms with Crippen molar-refractivity contribution in [3.63, 3.8) is 0 Å². The number of carbonyl (C=O) groups excluding carboxylic acids is 1. The van der Waals surface area contributed by atoms with E-state index < -0.39 is 0 Å². The molecule has 2 nitrogen and oxygen atoms in total. The molecule has 0 fully saturated rings. The second-order valence-electron chi connectivity index (χ2n) is 2.93. The minimum atomic E-state index is -0.389. The first-order chi connectivity index (χ1) is 6.75. The molecule has 74 valence electrons. The topological polar surface area (TPSA) is 43.1 Å². The maximum atomic E-state index is 10.9. The number of carbonyl (C=O) groups is 1. The summed E-state index contributed by atoms with van der Waals surface area (Å²) in [5, 5.41) is 1.84. The van der Waals surface area contributed by atoms with Crippen LogP contribution in [0.2, 0.25) is 0 Å². The van der Waals surface area contributed by atoms with Gasteiger partial charge in [0.25, 0.3) is 5.91 Å². The molecule has 0 spiro atoms. The number of hydrogen-bond donors (Lipinski definition) is 1. The summed E-state index contributed by atoms with van der Waals surface area (Å²) < 4.78 is 0. The Kier molecular flexibility index (Phi) is 4.21. The molecular weight excluding hydrogens is 194 g/mol. The van der Waals surface area contributed by atoms with Crippen LogP contribution in [-0.2, 0) is 0 Å². The lowest BCUT2D eigenvalue weighted by Crippen LogP contribution is -2.10. The van der Waals surface area contributed by atoms with Gasteiger partial charge in [-0.25, -0.2) is 0 Å². The van der Waals surface area contributed by atoms with Crippen molar-refractivity contribution < 1.29 is 4.79 Å². The van der Waals surface area contributed by atoms with Crippen LogP contribution in [0.3, 0.4) is 0 Å². The van der Waals surface area contributed by atoms with Gasteiger partial charge in [-0.05, 0) is 17.9 Å². The summed E-state index contributed by atoms with van der Waals surface area (Å²) in [6.45, 7) is 2.13. The monoisotopic (exact) mass is 207 g/mol. The number of amides is 1. The van der Waals surface area contributed by atoms with Crippen LogP contribution in [0.15, 0.2) is 11.4 Å². The summed E-state index contributed by atoms with van der Waals surface area (Å²) in [5.74, 6) is 5.61. The standard InChI is InChI=1S/C11H13NOS/c1-2-3-4-5-6-9-7-8-14-10(9)11(12)13/h7-8H,2-4H2,1H3,(H2,12,13). The molecule has 0 saturated heterocycles. The van der Waals surface area contributed by atoms with E-state index in [9.17, 15) is 4.79 Å². The molecule has 2 N–H and O–H groups in total. The number of nitrogens with two attached hydrogens (primary N) is 1. The number of rotatable bonds is 3. The maximum absolute atomic E-state index is 10.9. The predicted octanol–water partition coefficient (Wildman–Crippen LogP) is 2.39. The van der Waals surface area contributed by atoms with Gasteiger partial charge in [-0.1, -0.05) is 25.2 Å². The average molecular weight is 207 g/mol. The minimum Gasteiger partial charge on any atom is -0.365 e. The second kappa shape index (κ2) is 5.46. The Morgan fingerprint density at radius 3 is 3.07 bits per heavy atom. The van der Waals surface area contributed by atoms with E-state index in [1.807, 2.05) is 11.4 Å². The largest absolute Gasteiger partial charge is 0.365 e. The van der Waals surface area contributed by atoms with Crippen molar-refractivity contribution >= 4 is 17.2 Å². The SMILES string of the molecule is CCCCC#Cc1ccsc1C(N)=O. The van der Waals surface area contributed by atoms with Gasteiger partial charge in [-0.3, -0.25) is 4.79 Å². The zero-order valence-electron chi connectivity index (χ0n) is 8.17. The zero-order valence-corrected chi connectivity index (χ0v) is 8.99. The fraction of sp³-hybridized carbons (Fsp3) is 0.364. The van der Waals surface area contributed by atoms with E-state index in [1.54, 1.807) is 0 Å². The van der Waals surface area contributed by atoms with Gasteiger partial charge in [0, 0.05) is 12.0 Å². The van der Waals surface area contributed by atoms with Gasteiger partial charge in [-0.2, -0.15) is 0 Å². The molecule has 14 heavy (non-hydrogen) atoms.